The summed E-state index contributed by atoms with van der Waals surface area (Å²) < 4.78 is 32.0. The number of imidazole rings is 1. The number of imide groups is 1. The van der Waals surface area contributed by atoms with Crippen LogP contribution in [0, 0.1) is 18.6 Å². The van der Waals surface area contributed by atoms with Gasteiger partial charge in [-0.1, -0.05) is 6.07 Å². The third-order valence-electron chi connectivity index (χ3n) is 9.02. The first kappa shape index (κ1) is 33.1. The fraction of sp³-hybridized carbons (Fsp3) is 0.343. The molecule has 2 fully saturated rings. The van der Waals surface area contributed by atoms with Gasteiger partial charge in [-0.05, 0) is 56.2 Å². The van der Waals surface area contributed by atoms with Crippen LogP contribution >= 0.6 is 0 Å². The maximum Gasteiger partial charge on any atom is 0.328 e. The number of pyridine rings is 2. The average Bonchev–Trinajstić information content (AvgIpc) is 3.44. The highest BCUT2D eigenvalue weighted by atomic mass is 19.1. The van der Waals surface area contributed by atoms with Crippen LogP contribution in [0.1, 0.15) is 43.3 Å². The van der Waals surface area contributed by atoms with Gasteiger partial charge >= 0.3 is 6.03 Å². The van der Waals surface area contributed by atoms with Gasteiger partial charge < -0.3 is 9.88 Å². The second-order valence-corrected chi connectivity index (χ2v) is 12.8. The van der Waals surface area contributed by atoms with E-state index in [0.717, 1.165) is 55.7 Å². The maximum atomic E-state index is 15.1. The van der Waals surface area contributed by atoms with Gasteiger partial charge in [-0.15, -0.1) is 0 Å². The van der Waals surface area contributed by atoms with Gasteiger partial charge in [-0.2, -0.15) is 0 Å². The summed E-state index contributed by atoms with van der Waals surface area (Å²) in [7, 11) is 0. The Morgan fingerprint density at radius 2 is 1.68 bits per heavy atom. The normalized spacial score (nSPS) is 16.0. The molecule has 1 aromatic carbocycles. The van der Waals surface area contributed by atoms with E-state index in [9.17, 15) is 14.0 Å². The van der Waals surface area contributed by atoms with Crippen molar-refractivity contribution in [2.24, 2.45) is 0 Å². The third-order valence-corrected chi connectivity index (χ3v) is 9.02. The van der Waals surface area contributed by atoms with Crippen molar-refractivity contribution in [1.82, 2.24) is 44.6 Å². The zero-order chi connectivity index (χ0) is 34.9. The lowest BCUT2D eigenvalue weighted by molar-refractivity contribution is -0.120. The van der Waals surface area contributed by atoms with Crippen LogP contribution in [0.3, 0.4) is 0 Å². The molecule has 50 heavy (non-hydrogen) atoms. The Labute approximate surface area is 287 Å². The van der Waals surface area contributed by atoms with Gasteiger partial charge in [0.2, 0.25) is 11.9 Å². The van der Waals surface area contributed by atoms with Crippen molar-refractivity contribution in [3.8, 4) is 11.3 Å². The number of aryl methyl sites for hydroxylation is 1. The van der Waals surface area contributed by atoms with E-state index in [1.54, 1.807) is 29.6 Å². The number of fused-ring (bicyclic) bond motifs is 1. The minimum Gasteiger partial charge on any atom is -0.326 e. The Bertz CT molecular complexity index is 2060. The number of rotatable bonds is 9. The van der Waals surface area contributed by atoms with Crippen molar-refractivity contribution in [2.75, 3.05) is 42.9 Å². The molecule has 2 aliphatic heterocycles. The lowest BCUT2D eigenvalue weighted by Crippen LogP contribution is -2.50. The molecule has 2 N–H and O–H groups in total. The monoisotopic (exact) mass is 681 g/mol. The summed E-state index contributed by atoms with van der Waals surface area (Å²) in [6.45, 7) is 10.9. The standard InChI is InChI=1S/C35H37F2N11O2/c1-21(2)48-22(3)41-33-26(36)14-25(15-28(33)48)32-27(37)17-40-34(44-32)42-30-5-4-23(16-39-30)19-45-10-12-46(13-11-45)20-24-6-8-38-18-29(24)47-9-7-31(49)43-35(47)50/h4-6,8,14-18,21H,7,9-13,19-20H2,1-3H3,(H,43,49,50)(H,39,40,42,44). The van der Waals surface area contributed by atoms with E-state index in [-0.39, 0.29) is 41.1 Å². The van der Waals surface area contributed by atoms with Crippen LogP contribution in [0.5, 0.6) is 0 Å². The molecule has 0 bridgehead atoms. The number of hydrogen-bond donors (Lipinski definition) is 2. The van der Waals surface area contributed by atoms with Crippen LogP contribution in [0.15, 0.2) is 55.1 Å². The summed E-state index contributed by atoms with van der Waals surface area (Å²) in [6, 6.07) is 8.30. The van der Waals surface area contributed by atoms with Crippen molar-refractivity contribution in [1.29, 1.82) is 0 Å². The fourth-order valence-corrected chi connectivity index (χ4v) is 6.58. The molecule has 7 rings (SSSR count). The van der Waals surface area contributed by atoms with E-state index < -0.39 is 17.7 Å². The highest BCUT2D eigenvalue weighted by Gasteiger charge is 2.27. The second-order valence-electron chi connectivity index (χ2n) is 12.8. The number of urea groups is 1. The predicted octanol–water partition coefficient (Wildman–Crippen LogP) is 4.96. The van der Waals surface area contributed by atoms with E-state index in [1.165, 1.54) is 6.07 Å². The summed E-state index contributed by atoms with van der Waals surface area (Å²) in [4.78, 5) is 51.9. The zero-order valence-corrected chi connectivity index (χ0v) is 28.0. The number of carbonyl (C=O) groups is 2. The largest absolute Gasteiger partial charge is 0.328 e. The van der Waals surface area contributed by atoms with Gasteiger partial charge in [-0.25, -0.2) is 33.5 Å². The summed E-state index contributed by atoms with van der Waals surface area (Å²) >= 11 is 0. The fourth-order valence-electron chi connectivity index (χ4n) is 6.58. The lowest BCUT2D eigenvalue weighted by Gasteiger charge is -2.35. The van der Waals surface area contributed by atoms with E-state index in [4.69, 9.17) is 0 Å². The van der Waals surface area contributed by atoms with Crippen LogP contribution in [0.2, 0.25) is 0 Å². The Hall–Kier alpha value is -5.41. The molecule has 15 heteroatoms. The SMILES string of the molecule is Cc1nc2c(F)cc(-c3nc(Nc4ccc(CN5CCN(Cc6ccncc6N6CCC(=O)NC6=O)CC5)cn4)ncc3F)cc2n1C(C)C. The number of hydrogen-bond acceptors (Lipinski definition) is 10. The van der Waals surface area contributed by atoms with E-state index in [2.05, 4.69) is 45.4 Å². The Balaban J connectivity index is 0.965. The van der Waals surface area contributed by atoms with E-state index in [1.807, 2.05) is 43.5 Å². The van der Waals surface area contributed by atoms with Gasteiger partial charge in [0.15, 0.2) is 11.6 Å². The molecule has 2 aliphatic rings. The summed E-state index contributed by atoms with van der Waals surface area (Å²) in [6.07, 6.45) is 6.52. The highest BCUT2D eigenvalue weighted by Crippen LogP contribution is 2.31. The Morgan fingerprint density at radius 1 is 0.900 bits per heavy atom. The smallest absolute Gasteiger partial charge is 0.326 e. The number of piperazine rings is 1. The molecular weight excluding hydrogens is 644 g/mol. The van der Waals surface area contributed by atoms with Gasteiger partial charge in [0.25, 0.3) is 0 Å². The minimum absolute atomic E-state index is 0.0261. The molecule has 0 radical (unpaired) electrons. The van der Waals surface area contributed by atoms with Crippen LogP contribution in [0.25, 0.3) is 22.3 Å². The van der Waals surface area contributed by atoms with Gasteiger partial charge in [0, 0.05) is 76.2 Å². The molecular formula is C35H37F2N11O2. The molecule has 0 spiro atoms. The van der Waals surface area contributed by atoms with Crippen molar-refractivity contribution < 1.29 is 18.4 Å². The van der Waals surface area contributed by atoms with Crippen molar-refractivity contribution >= 4 is 40.4 Å². The average molecular weight is 682 g/mol. The van der Waals surface area contributed by atoms with Crippen molar-refractivity contribution in [3.05, 3.63) is 83.7 Å². The molecule has 4 aromatic heterocycles. The molecule has 0 aliphatic carbocycles. The maximum absolute atomic E-state index is 15.1. The number of benzene rings is 1. The quantitative estimate of drug-likeness (QED) is 0.220. The van der Waals surface area contributed by atoms with Crippen LogP contribution in [0.4, 0.5) is 31.0 Å². The van der Waals surface area contributed by atoms with Crippen LogP contribution in [-0.4, -0.2) is 83.9 Å². The van der Waals surface area contributed by atoms with Gasteiger partial charge in [0.05, 0.1) is 23.6 Å². The molecule has 0 unspecified atom stereocenters. The summed E-state index contributed by atoms with van der Waals surface area (Å²) in [5.41, 5.74) is 3.82. The van der Waals surface area contributed by atoms with Crippen LogP contribution < -0.4 is 15.5 Å². The molecule has 0 saturated carbocycles. The minimum atomic E-state index is -0.668. The highest BCUT2D eigenvalue weighted by molar-refractivity contribution is 6.05. The molecule has 13 nitrogen and oxygen atoms in total. The van der Waals surface area contributed by atoms with Gasteiger partial charge in [-0.3, -0.25) is 29.8 Å². The molecule has 258 valence electrons. The topological polar surface area (TPSA) is 137 Å². The first-order valence-electron chi connectivity index (χ1n) is 16.5. The lowest BCUT2D eigenvalue weighted by atomic mass is 10.1. The van der Waals surface area contributed by atoms with Crippen molar-refractivity contribution in [2.45, 2.75) is 46.3 Å². The number of amides is 3. The number of carbonyl (C=O) groups excluding carboxylic acids is 2. The number of nitrogens with zero attached hydrogens (tertiary/aromatic N) is 9. The number of halogens is 2. The summed E-state index contributed by atoms with van der Waals surface area (Å²) in [5, 5.41) is 5.42. The second kappa shape index (κ2) is 13.8. The molecule has 5 aromatic rings. The Kier molecular flexibility index (Phi) is 9.16. The first-order chi connectivity index (χ1) is 24.1. The molecule has 0 atom stereocenters. The third kappa shape index (κ3) is 6.87. The molecule has 6 heterocycles. The van der Waals surface area contributed by atoms with E-state index in [0.29, 0.717) is 30.2 Å². The number of anilines is 3. The Morgan fingerprint density at radius 3 is 2.40 bits per heavy atom. The van der Waals surface area contributed by atoms with E-state index >= 15 is 4.39 Å². The number of aromatic nitrogens is 6. The number of nitrogens with one attached hydrogen (secondary N) is 2. The summed E-state index contributed by atoms with van der Waals surface area (Å²) in [5.74, 6) is -0.172. The van der Waals surface area contributed by atoms with Crippen LogP contribution in [-0.2, 0) is 17.9 Å². The molecule has 3 amide bonds. The molecule has 2 saturated heterocycles. The van der Waals surface area contributed by atoms with Crippen molar-refractivity contribution in [3.63, 3.8) is 0 Å². The predicted molar refractivity (Wildman–Crippen MR) is 184 cm³/mol. The van der Waals surface area contributed by atoms with Gasteiger partial charge in [0.1, 0.15) is 22.9 Å². The first-order valence-corrected chi connectivity index (χ1v) is 16.5. The zero-order valence-electron chi connectivity index (χ0n) is 28.0.